The molecule has 3 aromatic rings. The highest BCUT2D eigenvalue weighted by Gasteiger charge is 2.31. The highest BCUT2D eigenvalue weighted by atomic mass is 19.4. The highest BCUT2D eigenvalue weighted by Crippen LogP contribution is 2.26. The number of ether oxygens (including phenoxy) is 1. The number of carbonyl (C=O) groups excluding carboxylic acids is 1. The fraction of sp³-hybridized carbons (Fsp3) is 0.188. The predicted molar refractivity (Wildman–Crippen MR) is 79.5 cm³/mol. The minimum absolute atomic E-state index is 0.0915. The van der Waals surface area contributed by atoms with Gasteiger partial charge in [-0.25, -0.2) is 14.8 Å². The summed E-state index contributed by atoms with van der Waals surface area (Å²) in [6.45, 7) is 0.239. The van der Waals surface area contributed by atoms with Crippen LogP contribution in [0.15, 0.2) is 42.9 Å². The fourth-order valence-electron chi connectivity index (χ4n) is 2.22. The van der Waals surface area contributed by atoms with Crippen molar-refractivity contribution in [1.29, 1.82) is 0 Å². The molecule has 0 aliphatic heterocycles. The van der Waals surface area contributed by atoms with Gasteiger partial charge in [-0.2, -0.15) is 13.2 Å². The Bertz CT molecular complexity index is 886. The molecule has 3 rings (SSSR count). The second kappa shape index (κ2) is 5.95. The van der Waals surface area contributed by atoms with E-state index in [9.17, 15) is 18.0 Å². The summed E-state index contributed by atoms with van der Waals surface area (Å²) in [6.07, 6.45) is -1.81. The molecule has 0 aliphatic rings. The van der Waals surface area contributed by atoms with Gasteiger partial charge in [0, 0.05) is 11.8 Å². The van der Waals surface area contributed by atoms with Gasteiger partial charge in [0.05, 0.1) is 0 Å². The van der Waals surface area contributed by atoms with Crippen molar-refractivity contribution in [1.82, 2.24) is 14.4 Å². The molecule has 0 radical (unpaired) electrons. The van der Waals surface area contributed by atoms with Crippen molar-refractivity contribution in [2.45, 2.75) is 13.1 Å². The number of aromatic nitrogens is 3. The third-order valence-electron chi connectivity index (χ3n) is 3.32. The molecule has 0 amide bonds. The second-order valence-corrected chi connectivity index (χ2v) is 5.17. The van der Waals surface area contributed by atoms with E-state index in [2.05, 4.69) is 14.7 Å². The summed E-state index contributed by atoms with van der Waals surface area (Å²) in [7, 11) is 0. The van der Waals surface area contributed by atoms with Gasteiger partial charge in [-0.05, 0) is 13.0 Å². The van der Waals surface area contributed by atoms with Crippen LogP contribution in [0.2, 0.25) is 0 Å². The first-order chi connectivity index (χ1) is 11.3. The summed E-state index contributed by atoms with van der Waals surface area (Å²) in [6, 6.07) is 8.68. The Hall–Kier alpha value is -2.90. The Morgan fingerprint density at radius 3 is 2.58 bits per heavy atom. The molecule has 1 aromatic carbocycles. The van der Waals surface area contributed by atoms with Crippen LogP contribution in [0.4, 0.5) is 13.2 Å². The lowest BCUT2D eigenvalue weighted by molar-refractivity contribution is -0.161. The second-order valence-electron chi connectivity index (χ2n) is 5.17. The molecule has 0 fully saturated rings. The minimum Gasteiger partial charge on any atom is -0.451 e. The van der Waals surface area contributed by atoms with E-state index in [0.717, 1.165) is 5.56 Å². The number of aryl methyl sites for hydroxylation is 1. The molecule has 0 spiro atoms. The molecule has 0 aliphatic carbocycles. The molecule has 5 nitrogen and oxygen atoms in total. The maximum absolute atomic E-state index is 12.3. The van der Waals surface area contributed by atoms with Crippen LogP contribution in [-0.4, -0.2) is 33.1 Å². The number of hydrogen-bond acceptors (Lipinski definition) is 4. The molecule has 0 bridgehead atoms. The van der Waals surface area contributed by atoms with Crippen molar-refractivity contribution < 1.29 is 22.7 Å². The number of nitrogens with zero attached hydrogens (tertiary/aromatic N) is 3. The number of rotatable bonds is 3. The fourth-order valence-corrected chi connectivity index (χ4v) is 2.22. The van der Waals surface area contributed by atoms with Crippen molar-refractivity contribution in [3.05, 3.63) is 54.1 Å². The first kappa shape index (κ1) is 16.0. The van der Waals surface area contributed by atoms with E-state index in [1.54, 1.807) is 18.2 Å². The Morgan fingerprint density at radius 1 is 1.21 bits per heavy atom. The predicted octanol–water partition coefficient (Wildman–Crippen LogP) is 3.42. The van der Waals surface area contributed by atoms with Gasteiger partial charge in [-0.3, -0.25) is 4.40 Å². The topological polar surface area (TPSA) is 56.5 Å². The summed E-state index contributed by atoms with van der Waals surface area (Å²) >= 11 is 0. The van der Waals surface area contributed by atoms with E-state index in [4.69, 9.17) is 0 Å². The Labute approximate surface area is 134 Å². The Morgan fingerprint density at radius 2 is 1.92 bits per heavy atom. The monoisotopic (exact) mass is 335 g/mol. The average molecular weight is 335 g/mol. The maximum atomic E-state index is 12.3. The van der Waals surface area contributed by atoms with Crippen molar-refractivity contribution in [2.75, 3.05) is 6.61 Å². The molecule has 124 valence electrons. The molecular formula is C16H12F3N3O2. The van der Waals surface area contributed by atoms with E-state index < -0.39 is 18.8 Å². The zero-order valence-corrected chi connectivity index (χ0v) is 12.5. The molecule has 2 heterocycles. The van der Waals surface area contributed by atoms with Crippen LogP contribution < -0.4 is 0 Å². The van der Waals surface area contributed by atoms with Crippen LogP contribution in [0.3, 0.4) is 0 Å². The number of hydrogen-bond donors (Lipinski definition) is 0. The lowest BCUT2D eigenvalue weighted by Crippen LogP contribution is -2.21. The van der Waals surface area contributed by atoms with E-state index >= 15 is 0 Å². The summed E-state index contributed by atoms with van der Waals surface area (Å²) in [5, 5.41) is 0. The summed E-state index contributed by atoms with van der Waals surface area (Å²) < 4.78 is 42.7. The lowest BCUT2D eigenvalue weighted by Gasteiger charge is -2.09. The first-order valence-corrected chi connectivity index (χ1v) is 6.98. The SMILES string of the molecule is Cc1ccc(-c2nc3ccncn3c2C(=O)OCC(F)(F)F)cc1. The Balaban J connectivity index is 2.08. The molecular weight excluding hydrogens is 323 g/mol. The van der Waals surface area contributed by atoms with Gasteiger partial charge in [0.2, 0.25) is 0 Å². The molecule has 0 saturated heterocycles. The van der Waals surface area contributed by atoms with Gasteiger partial charge in [-0.1, -0.05) is 29.8 Å². The Kier molecular flexibility index (Phi) is 3.96. The number of alkyl halides is 3. The van der Waals surface area contributed by atoms with Crippen LogP contribution in [-0.2, 0) is 4.74 Å². The van der Waals surface area contributed by atoms with Gasteiger partial charge < -0.3 is 4.74 Å². The van der Waals surface area contributed by atoms with Crippen molar-refractivity contribution in [2.24, 2.45) is 0 Å². The van der Waals surface area contributed by atoms with Gasteiger partial charge >= 0.3 is 12.1 Å². The van der Waals surface area contributed by atoms with E-state index in [1.807, 2.05) is 19.1 Å². The number of esters is 1. The smallest absolute Gasteiger partial charge is 0.422 e. The number of carbonyl (C=O) groups is 1. The average Bonchev–Trinajstić information content (AvgIpc) is 2.92. The molecule has 0 unspecified atom stereocenters. The largest absolute Gasteiger partial charge is 0.451 e. The standard InChI is InChI=1S/C16H12F3N3O2/c1-10-2-4-11(5-3-10)13-14(15(23)24-8-16(17,18)19)22-9-20-7-6-12(22)21-13/h2-7,9H,8H2,1H3. The summed E-state index contributed by atoms with van der Waals surface area (Å²) in [5.41, 5.74) is 2.15. The number of imidazole rings is 1. The third-order valence-corrected chi connectivity index (χ3v) is 3.32. The van der Waals surface area contributed by atoms with Crippen molar-refractivity contribution in [3.63, 3.8) is 0 Å². The van der Waals surface area contributed by atoms with Gasteiger partial charge in [0.25, 0.3) is 0 Å². The first-order valence-electron chi connectivity index (χ1n) is 6.98. The van der Waals surface area contributed by atoms with Crippen molar-refractivity contribution >= 4 is 11.6 Å². The van der Waals surface area contributed by atoms with Crippen LogP contribution >= 0.6 is 0 Å². The summed E-state index contributed by atoms with van der Waals surface area (Å²) in [4.78, 5) is 20.4. The highest BCUT2D eigenvalue weighted by molar-refractivity contribution is 5.96. The molecule has 0 saturated carbocycles. The van der Waals surface area contributed by atoms with E-state index in [0.29, 0.717) is 11.2 Å². The van der Waals surface area contributed by atoms with Crippen molar-refractivity contribution in [3.8, 4) is 11.3 Å². The normalized spacial score (nSPS) is 11.7. The minimum atomic E-state index is -4.60. The molecule has 0 N–H and O–H groups in total. The third kappa shape index (κ3) is 3.22. The van der Waals surface area contributed by atoms with Crippen LogP contribution in [0.1, 0.15) is 16.1 Å². The van der Waals surface area contributed by atoms with Crippen LogP contribution in [0.5, 0.6) is 0 Å². The molecule has 2 aromatic heterocycles. The zero-order valence-electron chi connectivity index (χ0n) is 12.5. The van der Waals surface area contributed by atoms with E-state index in [-0.39, 0.29) is 11.4 Å². The number of halogens is 3. The van der Waals surface area contributed by atoms with Crippen LogP contribution in [0, 0.1) is 6.92 Å². The molecule has 8 heteroatoms. The van der Waals surface area contributed by atoms with Crippen LogP contribution in [0.25, 0.3) is 16.9 Å². The van der Waals surface area contributed by atoms with Gasteiger partial charge in [0.15, 0.2) is 12.3 Å². The molecule has 0 atom stereocenters. The summed E-state index contributed by atoms with van der Waals surface area (Å²) in [5.74, 6) is -1.11. The van der Waals surface area contributed by atoms with Gasteiger partial charge in [0.1, 0.15) is 17.7 Å². The molecule has 24 heavy (non-hydrogen) atoms. The van der Waals surface area contributed by atoms with Gasteiger partial charge in [-0.15, -0.1) is 0 Å². The number of fused-ring (bicyclic) bond motifs is 1. The quantitative estimate of drug-likeness (QED) is 0.688. The lowest BCUT2D eigenvalue weighted by atomic mass is 10.1. The zero-order chi connectivity index (χ0) is 17.3. The number of benzene rings is 1. The van der Waals surface area contributed by atoms with E-state index in [1.165, 1.54) is 16.9 Å². The maximum Gasteiger partial charge on any atom is 0.422 e.